The number of hydrogen-bond acceptors (Lipinski definition) is 2. The summed E-state index contributed by atoms with van der Waals surface area (Å²) in [4.78, 5) is 10.6. The molecule has 1 aliphatic carbocycles. The fourth-order valence-electron chi connectivity index (χ4n) is 1.76. The summed E-state index contributed by atoms with van der Waals surface area (Å²) < 4.78 is 4.90. The highest BCUT2D eigenvalue weighted by Gasteiger charge is 2.29. The third-order valence-electron chi connectivity index (χ3n) is 2.33. The molecule has 0 aromatic carbocycles. The molecule has 1 atom stereocenters. The van der Waals surface area contributed by atoms with Gasteiger partial charge in [-0.05, 0) is 18.8 Å². The van der Waals surface area contributed by atoms with Gasteiger partial charge in [0, 0.05) is 7.11 Å². The quantitative estimate of drug-likeness (QED) is 0.673. The van der Waals surface area contributed by atoms with E-state index in [1.807, 2.05) is 0 Å². The first kappa shape index (κ1) is 8.53. The molecule has 0 aromatic rings. The van der Waals surface area contributed by atoms with E-state index in [1.165, 1.54) is 7.11 Å². The highest BCUT2D eigenvalue weighted by molar-refractivity contribution is 5.72. The van der Waals surface area contributed by atoms with Gasteiger partial charge >= 0.3 is 5.97 Å². The van der Waals surface area contributed by atoms with Gasteiger partial charge < -0.3 is 9.84 Å². The maximum absolute atomic E-state index is 10.6. The molecule has 0 spiro atoms. The van der Waals surface area contributed by atoms with Crippen LogP contribution in [0, 0.1) is 5.92 Å². The Kier molecular flexibility index (Phi) is 2.88. The van der Waals surface area contributed by atoms with E-state index in [2.05, 4.69) is 0 Å². The van der Waals surface area contributed by atoms with Crippen LogP contribution >= 0.6 is 0 Å². The number of carboxylic acid groups (broad SMARTS) is 1. The number of carbonyl (C=O) groups is 1. The first-order chi connectivity index (χ1) is 5.25. The molecule has 0 amide bonds. The second kappa shape index (κ2) is 3.72. The fourth-order valence-corrected chi connectivity index (χ4v) is 1.76. The van der Waals surface area contributed by atoms with E-state index in [-0.39, 0.29) is 5.92 Å². The zero-order valence-electron chi connectivity index (χ0n) is 6.75. The molecule has 0 saturated heterocycles. The summed E-state index contributed by atoms with van der Waals surface area (Å²) in [5.41, 5.74) is 0. The molecule has 1 aliphatic rings. The third kappa shape index (κ3) is 1.93. The Morgan fingerprint density at radius 2 is 2.09 bits per heavy atom. The molecule has 3 heteroatoms. The van der Waals surface area contributed by atoms with E-state index in [4.69, 9.17) is 9.84 Å². The van der Waals surface area contributed by atoms with Crippen LogP contribution in [-0.4, -0.2) is 24.3 Å². The van der Waals surface area contributed by atoms with Gasteiger partial charge in [0.15, 0.2) is 6.10 Å². The molecule has 0 radical (unpaired) electrons. The van der Waals surface area contributed by atoms with Crippen molar-refractivity contribution in [2.24, 2.45) is 5.92 Å². The maximum atomic E-state index is 10.6. The van der Waals surface area contributed by atoms with Gasteiger partial charge in [0.25, 0.3) is 0 Å². The Morgan fingerprint density at radius 3 is 2.45 bits per heavy atom. The summed E-state index contributed by atoms with van der Waals surface area (Å²) >= 11 is 0. The molecule has 1 rings (SSSR count). The van der Waals surface area contributed by atoms with Crippen LogP contribution in [0.3, 0.4) is 0 Å². The molecule has 0 heterocycles. The number of methoxy groups -OCH3 is 1. The van der Waals surface area contributed by atoms with Crippen LogP contribution in [0.2, 0.25) is 0 Å². The van der Waals surface area contributed by atoms with Crippen molar-refractivity contribution in [1.82, 2.24) is 0 Å². The average molecular weight is 158 g/mol. The molecule has 11 heavy (non-hydrogen) atoms. The normalized spacial score (nSPS) is 21.9. The van der Waals surface area contributed by atoms with Crippen LogP contribution in [0.15, 0.2) is 0 Å². The van der Waals surface area contributed by atoms with E-state index < -0.39 is 12.1 Å². The minimum absolute atomic E-state index is 0.248. The summed E-state index contributed by atoms with van der Waals surface area (Å²) in [5, 5.41) is 8.71. The van der Waals surface area contributed by atoms with E-state index in [0.717, 1.165) is 25.7 Å². The van der Waals surface area contributed by atoms with Crippen molar-refractivity contribution < 1.29 is 14.6 Å². The lowest BCUT2D eigenvalue weighted by molar-refractivity contribution is -0.151. The lowest BCUT2D eigenvalue weighted by atomic mass is 10.0. The minimum Gasteiger partial charge on any atom is -0.479 e. The smallest absolute Gasteiger partial charge is 0.333 e. The minimum atomic E-state index is -0.820. The molecule has 1 N–H and O–H groups in total. The highest BCUT2D eigenvalue weighted by atomic mass is 16.5. The molecule has 1 saturated carbocycles. The molecule has 3 nitrogen and oxygen atoms in total. The van der Waals surface area contributed by atoms with E-state index >= 15 is 0 Å². The number of ether oxygens (including phenoxy) is 1. The average Bonchev–Trinajstić information content (AvgIpc) is 2.40. The van der Waals surface area contributed by atoms with Crippen molar-refractivity contribution in [1.29, 1.82) is 0 Å². The number of hydrogen-bond donors (Lipinski definition) is 1. The summed E-state index contributed by atoms with van der Waals surface area (Å²) in [5.74, 6) is -0.572. The Labute approximate surface area is 66.4 Å². The first-order valence-electron chi connectivity index (χ1n) is 4.01. The second-order valence-corrected chi connectivity index (χ2v) is 3.04. The van der Waals surface area contributed by atoms with Gasteiger partial charge in [0.2, 0.25) is 0 Å². The van der Waals surface area contributed by atoms with Gasteiger partial charge in [-0.2, -0.15) is 0 Å². The third-order valence-corrected chi connectivity index (χ3v) is 2.33. The van der Waals surface area contributed by atoms with E-state index in [0.29, 0.717) is 0 Å². The Hall–Kier alpha value is -0.570. The topological polar surface area (TPSA) is 46.5 Å². The number of carboxylic acids is 1. The molecule has 64 valence electrons. The Morgan fingerprint density at radius 1 is 1.55 bits per heavy atom. The van der Waals surface area contributed by atoms with Gasteiger partial charge in [0.05, 0.1) is 0 Å². The first-order valence-corrected chi connectivity index (χ1v) is 4.01. The second-order valence-electron chi connectivity index (χ2n) is 3.04. The Balaban J connectivity index is 2.46. The van der Waals surface area contributed by atoms with Crippen LogP contribution < -0.4 is 0 Å². The molecular formula is C8H14O3. The van der Waals surface area contributed by atoms with Crippen molar-refractivity contribution in [3.63, 3.8) is 0 Å². The number of aliphatic carboxylic acids is 1. The molecule has 0 aromatic heterocycles. The molecule has 1 fully saturated rings. The lowest BCUT2D eigenvalue weighted by Crippen LogP contribution is -2.29. The van der Waals surface area contributed by atoms with Crippen molar-refractivity contribution in [3.05, 3.63) is 0 Å². The van der Waals surface area contributed by atoms with Crippen LogP contribution in [0.1, 0.15) is 25.7 Å². The molecule has 0 bridgehead atoms. The van der Waals surface area contributed by atoms with Gasteiger partial charge in [-0.1, -0.05) is 12.8 Å². The van der Waals surface area contributed by atoms with Crippen LogP contribution in [-0.2, 0) is 9.53 Å². The molecule has 0 unspecified atom stereocenters. The largest absolute Gasteiger partial charge is 0.479 e. The molecular weight excluding hydrogens is 144 g/mol. The van der Waals surface area contributed by atoms with Gasteiger partial charge in [-0.15, -0.1) is 0 Å². The zero-order valence-corrected chi connectivity index (χ0v) is 6.75. The van der Waals surface area contributed by atoms with Crippen molar-refractivity contribution in [3.8, 4) is 0 Å². The fraction of sp³-hybridized carbons (Fsp3) is 0.875. The van der Waals surface area contributed by atoms with Crippen molar-refractivity contribution in [2.45, 2.75) is 31.8 Å². The predicted molar refractivity (Wildman–Crippen MR) is 40.4 cm³/mol. The maximum Gasteiger partial charge on any atom is 0.333 e. The van der Waals surface area contributed by atoms with Crippen molar-refractivity contribution >= 4 is 5.97 Å². The predicted octanol–water partition coefficient (Wildman–Crippen LogP) is 1.28. The van der Waals surface area contributed by atoms with Crippen LogP contribution in [0.4, 0.5) is 0 Å². The SMILES string of the molecule is CO[C@H](C(=O)O)C1CCCC1. The van der Waals surface area contributed by atoms with E-state index in [9.17, 15) is 4.79 Å². The van der Waals surface area contributed by atoms with Crippen molar-refractivity contribution in [2.75, 3.05) is 7.11 Å². The van der Waals surface area contributed by atoms with E-state index in [1.54, 1.807) is 0 Å². The van der Waals surface area contributed by atoms with Crippen LogP contribution in [0.25, 0.3) is 0 Å². The monoisotopic (exact) mass is 158 g/mol. The highest BCUT2D eigenvalue weighted by Crippen LogP contribution is 2.28. The number of rotatable bonds is 3. The standard InChI is InChI=1S/C8H14O3/c1-11-7(8(9)10)6-4-2-3-5-6/h6-7H,2-5H2,1H3,(H,9,10)/t7-/m0/s1. The molecule has 0 aliphatic heterocycles. The summed E-state index contributed by atoms with van der Waals surface area (Å²) in [7, 11) is 1.47. The summed E-state index contributed by atoms with van der Waals surface area (Å²) in [6, 6.07) is 0. The van der Waals surface area contributed by atoms with Gasteiger partial charge in [-0.3, -0.25) is 0 Å². The Bertz CT molecular complexity index is 138. The van der Waals surface area contributed by atoms with Gasteiger partial charge in [0.1, 0.15) is 0 Å². The van der Waals surface area contributed by atoms with Gasteiger partial charge in [-0.25, -0.2) is 4.79 Å². The lowest BCUT2D eigenvalue weighted by Gasteiger charge is -2.16. The zero-order chi connectivity index (χ0) is 8.27. The summed E-state index contributed by atoms with van der Waals surface area (Å²) in [6.45, 7) is 0. The van der Waals surface area contributed by atoms with Crippen LogP contribution in [0.5, 0.6) is 0 Å². The summed E-state index contributed by atoms with van der Waals surface area (Å²) in [6.07, 6.45) is 3.74.